The van der Waals surface area contributed by atoms with Gasteiger partial charge in [0.1, 0.15) is 6.10 Å². The molecule has 0 saturated carbocycles. The average Bonchev–Trinajstić information content (AvgIpc) is 3.38. The Hall–Kier alpha value is -2.70. The highest BCUT2D eigenvalue weighted by Gasteiger charge is 2.48. The molecule has 0 radical (unpaired) electrons. The van der Waals surface area contributed by atoms with Crippen molar-refractivity contribution >= 4 is 15.8 Å². The first-order chi connectivity index (χ1) is 20.8. The van der Waals surface area contributed by atoms with E-state index in [0.29, 0.717) is 30.8 Å². The summed E-state index contributed by atoms with van der Waals surface area (Å²) in [6.45, 7) is 8.84. The van der Waals surface area contributed by atoms with Crippen molar-refractivity contribution in [3.8, 4) is 5.88 Å². The average molecular weight is 619 g/mol. The normalized spacial score (nSPS) is 25.2. The summed E-state index contributed by atoms with van der Waals surface area (Å²) in [5, 5.41) is 14.8. The minimum absolute atomic E-state index is 0.00646. The Morgan fingerprint density at radius 2 is 1.95 bits per heavy atom. The third-order valence-corrected chi connectivity index (χ3v) is 11.1. The number of unbranched alkanes of at least 4 members (excludes halogenated alkanes) is 1. The minimum Gasteiger partial charge on any atom is -0.463 e. The van der Waals surface area contributed by atoms with Crippen LogP contribution in [0, 0.1) is 17.0 Å². The second-order valence-corrected chi connectivity index (χ2v) is 14.2. The summed E-state index contributed by atoms with van der Waals surface area (Å²) in [6, 6.07) is 8.77. The number of rotatable bonds is 14. The van der Waals surface area contributed by atoms with E-state index in [2.05, 4.69) is 26.5 Å². The number of hydrogen-bond acceptors (Lipinski definition) is 10. The van der Waals surface area contributed by atoms with E-state index in [1.54, 1.807) is 25.1 Å². The molecule has 3 fully saturated rings. The maximum Gasteiger partial charge on any atom is 0.414 e. The number of hydrogen-bond donors (Lipinski definition) is 0. The Balaban J connectivity index is 1.09. The van der Waals surface area contributed by atoms with E-state index < -0.39 is 26.8 Å². The Morgan fingerprint density at radius 1 is 1.19 bits per heavy atom. The maximum absolute atomic E-state index is 12.9. The molecule has 0 amide bonds. The van der Waals surface area contributed by atoms with Crippen molar-refractivity contribution in [3.05, 3.63) is 35.5 Å². The Kier molecular flexibility index (Phi) is 10.6. The van der Waals surface area contributed by atoms with Crippen molar-refractivity contribution in [2.24, 2.45) is 11.8 Å². The highest BCUT2D eigenvalue weighted by molar-refractivity contribution is 7.91. The van der Waals surface area contributed by atoms with Crippen LogP contribution in [0.3, 0.4) is 0 Å². The van der Waals surface area contributed by atoms with Gasteiger partial charge >= 0.3 is 16.9 Å². The lowest BCUT2D eigenvalue weighted by atomic mass is 9.69. The molecular weight excluding hydrogens is 572 g/mol. The van der Waals surface area contributed by atoms with E-state index in [-0.39, 0.29) is 22.4 Å². The Morgan fingerprint density at radius 3 is 2.72 bits per heavy atom. The molecule has 5 rings (SSSR count). The third kappa shape index (κ3) is 7.34. The number of ether oxygens (including phenoxy) is 2. The standard InChI is InChI=1S/C31H46N4O7S/c1-3-4-18-34-22-24-11-9-19-33-20-10-14-26(29(24)33)27(34)15-8-16-28(36)41-23(2)17-21-40-30-31(35(37)42-32-30)43(38,39)25-12-6-5-7-13-25/h5-7,12-13,23-24,26-27,29H,3-4,8-11,14-22H2,1-2H3. The Labute approximate surface area is 254 Å². The van der Waals surface area contributed by atoms with Crippen LogP contribution in [-0.2, 0) is 19.4 Å². The van der Waals surface area contributed by atoms with Gasteiger partial charge in [-0.2, -0.15) is 0 Å². The third-order valence-electron chi connectivity index (χ3n) is 9.41. The summed E-state index contributed by atoms with van der Waals surface area (Å²) >= 11 is 0. The lowest BCUT2D eigenvalue weighted by Gasteiger charge is -2.57. The van der Waals surface area contributed by atoms with E-state index in [0.717, 1.165) is 25.3 Å². The minimum atomic E-state index is -4.19. The smallest absolute Gasteiger partial charge is 0.414 e. The van der Waals surface area contributed by atoms with Gasteiger partial charge in [-0.05, 0) is 100 Å². The molecule has 1 aromatic heterocycles. The fourth-order valence-electron chi connectivity index (χ4n) is 7.46. The molecule has 0 aliphatic carbocycles. The van der Waals surface area contributed by atoms with Gasteiger partial charge in [0.2, 0.25) is 0 Å². The van der Waals surface area contributed by atoms with Crippen LogP contribution in [0.5, 0.6) is 5.88 Å². The molecule has 5 atom stereocenters. The van der Waals surface area contributed by atoms with Gasteiger partial charge in [-0.1, -0.05) is 31.5 Å². The van der Waals surface area contributed by atoms with Crippen LogP contribution in [0.2, 0.25) is 0 Å². The molecule has 11 nitrogen and oxygen atoms in total. The second kappa shape index (κ2) is 14.4. The monoisotopic (exact) mass is 618 g/mol. The molecule has 12 heteroatoms. The molecule has 1 aromatic carbocycles. The van der Waals surface area contributed by atoms with Crippen LogP contribution in [0.1, 0.15) is 78.1 Å². The fourth-order valence-corrected chi connectivity index (χ4v) is 8.75. The van der Waals surface area contributed by atoms with E-state index in [9.17, 15) is 18.4 Å². The molecule has 2 aromatic rings. The van der Waals surface area contributed by atoms with E-state index in [1.165, 1.54) is 70.3 Å². The Bertz CT molecular complexity index is 1300. The number of likely N-dealkylation sites (tertiary alicyclic amines) is 1. The van der Waals surface area contributed by atoms with Gasteiger partial charge in [0.05, 0.1) is 16.7 Å². The molecule has 3 saturated heterocycles. The molecule has 5 unspecified atom stereocenters. The number of piperidine rings is 3. The number of carbonyl (C=O) groups excluding carboxylic acids is 1. The number of esters is 1. The van der Waals surface area contributed by atoms with Gasteiger partial charge in [-0.15, -0.1) is 0 Å². The molecule has 3 aliphatic rings. The van der Waals surface area contributed by atoms with Crippen LogP contribution in [-0.4, -0.2) is 80.3 Å². The van der Waals surface area contributed by atoms with Gasteiger partial charge in [0.15, 0.2) is 0 Å². The van der Waals surface area contributed by atoms with Crippen molar-refractivity contribution in [1.29, 1.82) is 0 Å². The summed E-state index contributed by atoms with van der Waals surface area (Å²) in [5.41, 5.74) is 0. The van der Waals surface area contributed by atoms with Gasteiger partial charge in [0.25, 0.3) is 9.84 Å². The van der Waals surface area contributed by atoms with Gasteiger partial charge in [-0.25, -0.2) is 8.42 Å². The molecule has 0 N–H and O–H groups in total. The van der Waals surface area contributed by atoms with E-state index in [4.69, 9.17) is 9.47 Å². The zero-order valence-corrected chi connectivity index (χ0v) is 26.3. The quantitative estimate of drug-likeness (QED) is 0.226. The van der Waals surface area contributed by atoms with Gasteiger partial charge in [0, 0.05) is 31.5 Å². The van der Waals surface area contributed by atoms with Crippen LogP contribution < -0.4 is 9.64 Å². The number of sulfone groups is 1. The topological polar surface area (TPSA) is 129 Å². The van der Waals surface area contributed by atoms with Crippen molar-refractivity contribution in [2.45, 2.75) is 106 Å². The number of benzene rings is 1. The number of carbonyl (C=O) groups is 1. The zero-order valence-electron chi connectivity index (χ0n) is 25.4. The first-order valence-electron chi connectivity index (χ1n) is 16.0. The number of nitrogens with zero attached hydrogens (tertiary/aromatic N) is 4. The lowest BCUT2D eigenvalue weighted by molar-refractivity contribution is -0.832. The summed E-state index contributed by atoms with van der Waals surface area (Å²) in [6.07, 6.45) is 9.68. The molecular formula is C31H46N4O7S. The molecule has 0 spiro atoms. The highest BCUT2D eigenvalue weighted by atomic mass is 32.2. The van der Waals surface area contributed by atoms with Crippen LogP contribution in [0.25, 0.3) is 0 Å². The van der Waals surface area contributed by atoms with E-state index in [1.807, 2.05) is 0 Å². The predicted octanol–water partition coefficient (Wildman–Crippen LogP) is 3.99. The highest BCUT2D eigenvalue weighted by Crippen LogP contribution is 2.43. The predicted molar refractivity (Wildman–Crippen MR) is 158 cm³/mol. The molecule has 3 aliphatic heterocycles. The zero-order chi connectivity index (χ0) is 30.4. The van der Waals surface area contributed by atoms with Crippen molar-refractivity contribution in [3.63, 3.8) is 0 Å². The summed E-state index contributed by atoms with van der Waals surface area (Å²) in [7, 11) is -4.19. The van der Waals surface area contributed by atoms with Crippen LogP contribution in [0.15, 0.2) is 44.9 Å². The second-order valence-electron chi connectivity index (χ2n) is 12.3. The van der Waals surface area contributed by atoms with Gasteiger partial charge in [-0.3, -0.25) is 19.2 Å². The molecule has 43 heavy (non-hydrogen) atoms. The van der Waals surface area contributed by atoms with Crippen molar-refractivity contribution in [1.82, 2.24) is 15.0 Å². The van der Waals surface area contributed by atoms with Gasteiger partial charge < -0.3 is 14.7 Å². The van der Waals surface area contributed by atoms with E-state index >= 15 is 0 Å². The summed E-state index contributed by atoms with van der Waals surface area (Å²) in [4.78, 5) is 18.0. The first kappa shape index (κ1) is 31.7. The van der Waals surface area contributed by atoms with Crippen LogP contribution in [0.4, 0.5) is 0 Å². The van der Waals surface area contributed by atoms with Crippen molar-refractivity contribution in [2.75, 3.05) is 32.8 Å². The van der Waals surface area contributed by atoms with Crippen LogP contribution >= 0.6 is 0 Å². The first-order valence-corrected chi connectivity index (χ1v) is 17.5. The summed E-state index contributed by atoms with van der Waals surface area (Å²) < 4.78 is 41.5. The SMILES string of the molecule is CCCCN1CC2CCCN3CCCC(C1CCCC(=O)OC(C)CCOc1no[n+]([O-])c1S(=O)(=O)c1ccccc1)C23. The molecule has 4 heterocycles. The molecule has 0 bridgehead atoms. The lowest BCUT2D eigenvalue weighted by Crippen LogP contribution is -2.64. The number of aromatic nitrogens is 2. The fraction of sp³-hybridized carbons (Fsp3) is 0.710. The van der Waals surface area contributed by atoms with Crippen molar-refractivity contribution < 1.29 is 32.2 Å². The largest absolute Gasteiger partial charge is 0.463 e. The molecule has 238 valence electrons. The summed E-state index contributed by atoms with van der Waals surface area (Å²) in [5.74, 6) is 0.817. The maximum atomic E-state index is 12.9.